The molecule has 0 aliphatic carbocycles. The van der Waals surface area contributed by atoms with E-state index in [1.54, 1.807) is 24.1 Å². The minimum Gasteiger partial charge on any atom is -0.366 e. The second kappa shape index (κ2) is 7.39. The Labute approximate surface area is 148 Å². The Morgan fingerprint density at radius 1 is 1.32 bits per heavy atom. The number of nitrogens with one attached hydrogen (secondary N) is 1. The lowest BCUT2D eigenvalue weighted by molar-refractivity contribution is -0.384. The van der Waals surface area contributed by atoms with Gasteiger partial charge in [-0.25, -0.2) is 0 Å². The second-order valence-corrected chi connectivity index (χ2v) is 7.19. The van der Waals surface area contributed by atoms with Gasteiger partial charge in [-0.3, -0.25) is 14.9 Å². The Kier molecular flexibility index (Phi) is 5.22. The second-order valence-electron chi connectivity index (χ2n) is 7.19. The maximum Gasteiger partial charge on any atom is 0.293 e. The molecule has 0 aromatic heterocycles. The van der Waals surface area contributed by atoms with Gasteiger partial charge >= 0.3 is 0 Å². The van der Waals surface area contributed by atoms with Gasteiger partial charge in [0.15, 0.2) is 0 Å². The fourth-order valence-corrected chi connectivity index (χ4v) is 3.66. The third-order valence-corrected chi connectivity index (χ3v) is 5.45. The molecule has 136 valence electrons. The van der Waals surface area contributed by atoms with Crippen molar-refractivity contribution >= 4 is 17.3 Å². The van der Waals surface area contributed by atoms with Gasteiger partial charge in [-0.1, -0.05) is 6.92 Å². The summed E-state index contributed by atoms with van der Waals surface area (Å²) in [5.74, 6) is 0.500. The molecule has 2 heterocycles. The van der Waals surface area contributed by atoms with Gasteiger partial charge in [0.25, 0.3) is 11.6 Å². The zero-order valence-electron chi connectivity index (χ0n) is 14.9. The van der Waals surface area contributed by atoms with E-state index in [1.165, 1.54) is 6.07 Å². The van der Waals surface area contributed by atoms with E-state index in [0.717, 1.165) is 45.4 Å². The first-order valence-corrected chi connectivity index (χ1v) is 8.98. The number of likely N-dealkylation sites (N-methyl/N-ethyl adjacent to an activating group) is 1. The van der Waals surface area contributed by atoms with Gasteiger partial charge in [0.05, 0.1) is 4.92 Å². The van der Waals surface area contributed by atoms with Crippen LogP contribution in [0.1, 0.15) is 36.5 Å². The van der Waals surface area contributed by atoms with Crippen molar-refractivity contribution in [2.24, 2.45) is 5.92 Å². The third-order valence-electron chi connectivity index (χ3n) is 5.45. The van der Waals surface area contributed by atoms with Crippen molar-refractivity contribution in [1.82, 2.24) is 10.2 Å². The molecule has 2 fully saturated rings. The van der Waals surface area contributed by atoms with Crippen molar-refractivity contribution in [2.45, 2.75) is 32.2 Å². The Morgan fingerprint density at radius 3 is 2.64 bits per heavy atom. The Morgan fingerprint density at radius 2 is 2.04 bits per heavy atom. The van der Waals surface area contributed by atoms with Gasteiger partial charge in [-0.15, -0.1) is 0 Å². The molecule has 0 radical (unpaired) electrons. The van der Waals surface area contributed by atoms with E-state index >= 15 is 0 Å². The molecule has 1 unspecified atom stereocenters. The van der Waals surface area contributed by atoms with Gasteiger partial charge in [0.2, 0.25) is 0 Å². The zero-order chi connectivity index (χ0) is 18.0. The summed E-state index contributed by atoms with van der Waals surface area (Å²) in [6.07, 6.45) is 2.99. The summed E-state index contributed by atoms with van der Waals surface area (Å²) in [6, 6.07) is 5.05. The summed E-state index contributed by atoms with van der Waals surface area (Å²) in [5.41, 5.74) is 1.03. The lowest BCUT2D eigenvalue weighted by atomic mass is 9.98. The molecular weight excluding hydrogens is 320 g/mol. The summed E-state index contributed by atoms with van der Waals surface area (Å²) in [4.78, 5) is 27.7. The molecule has 1 atom stereocenters. The fraction of sp³-hybridized carbons (Fsp3) is 0.611. The number of nitrogens with zero attached hydrogens (tertiary/aromatic N) is 3. The molecule has 0 saturated carbocycles. The predicted molar refractivity (Wildman–Crippen MR) is 97.1 cm³/mol. The number of amides is 1. The molecule has 2 aliphatic rings. The van der Waals surface area contributed by atoms with Crippen LogP contribution in [-0.2, 0) is 0 Å². The number of nitro groups is 1. The number of anilines is 1. The maximum absolute atomic E-state index is 12.7. The van der Waals surface area contributed by atoms with Gasteiger partial charge in [-0.05, 0) is 43.9 Å². The van der Waals surface area contributed by atoms with Crippen molar-refractivity contribution in [3.8, 4) is 0 Å². The zero-order valence-corrected chi connectivity index (χ0v) is 14.9. The average molecular weight is 346 g/mol. The van der Waals surface area contributed by atoms with Crippen LogP contribution in [0.2, 0.25) is 0 Å². The van der Waals surface area contributed by atoms with Gasteiger partial charge in [-0.2, -0.15) is 0 Å². The van der Waals surface area contributed by atoms with Crippen LogP contribution in [0.15, 0.2) is 18.2 Å². The van der Waals surface area contributed by atoms with E-state index < -0.39 is 0 Å². The molecule has 3 rings (SSSR count). The predicted octanol–water partition coefficient (Wildman–Crippen LogP) is 2.27. The van der Waals surface area contributed by atoms with Crippen molar-refractivity contribution in [1.29, 1.82) is 0 Å². The van der Waals surface area contributed by atoms with Gasteiger partial charge < -0.3 is 15.1 Å². The van der Waals surface area contributed by atoms with Crippen LogP contribution in [0.5, 0.6) is 0 Å². The number of nitro benzene ring substituents is 1. The van der Waals surface area contributed by atoms with E-state index in [9.17, 15) is 14.9 Å². The molecule has 7 heteroatoms. The number of hydrogen-bond acceptors (Lipinski definition) is 5. The van der Waals surface area contributed by atoms with Crippen molar-refractivity contribution in [3.05, 3.63) is 33.9 Å². The van der Waals surface area contributed by atoms with Crippen LogP contribution in [0.25, 0.3) is 0 Å². The molecule has 1 aromatic rings. The first kappa shape index (κ1) is 17.7. The van der Waals surface area contributed by atoms with Crippen molar-refractivity contribution in [2.75, 3.05) is 38.1 Å². The summed E-state index contributed by atoms with van der Waals surface area (Å²) >= 11 is 0. The highest BCUT2D eigenvalue weighted by Crippen LogP contribution is 2.32. The van der Waals surface area contributed by atoms with Crippen molar-refractivity contribution < 1.29 is 9.72 Å². The first-order valence-electron chi connectivity index (χ1n) is 8.98. The lowest BCUT2D eigenvalue weighted by Crippen LogP contribution is -2.38. The summed E-state index contributed by atoms with van der Waals surface area (Å²) in [6.45, 7) is 5.52. The van der Waals surface area contributed by atoms with Crippen LogP contribution in [-0.4, -0.2) is 55.0 Å². The number of hydrogen-bond donors (Lipinski definition) is 1. The summed E-state index contributed by atoms with van der Waals surface area (Å²) in [5, 5.41) is 14.8. The molecule has 2 aliphatic heterocycles. The van der Waals surface area contributed by atoms with E-state index in [0.29, 0.717) is 17.2 Å². The molecule has 2 saturated heterocycles. The molecule has 0 bridgehead atoms. The first-order chi connectivity index (χ1) is 12.0. The SMILES string of the molecule is CC1CCN(c2ccc(C(=O)N(C)C3CCNC3)cc2[N+](=O)[O-])CC1. The van der Waals surface area contributed by atoms with Crippen LogP contribution in [0.4, 0.5) is 11.4 Å². The third kappa shape index (κ3) is 3.76. The molecule has 0 spiro atoms. The fourth-order valence-electron chi connectivity index (χ4n) is 3.66. The van der Waals surface area contributed by atoms with Crippen molar-refractivity contribution in [3.63, 3.8) is 0 Å². The molecule has 1 N–H and O–H groups in total. The Balaban J connectivity index is 1.83. The van der Waals surface area contributed by atoms with Crippen LogP contribution < -0.4 is 10.2 Å². The highest BCUT2D eigenvalue weighted by atomic mass is 16.6. The number of carbonyl (C=O) groups is 1. The van der Waals surface area contributed by atoms with Crippen LogP contribution in [0, 0.1) is 16.0 Å². The molecule has 25 heavy (non-hydrogen) atoms. The molecule has 1 amide bonds. The smallest absolute Gasteiger partial charge is 0.293 e. The normalized spacial score (nSPS) is 21.4. The summed E-state index contributed by atoms with van der Waals surface area (Å²) in [7, 11) is 1.77. The number of rotatable bonds is 4. The maximum atomic E-state index is 12.7. The number of piperidine rings is 1. The van der Waals surface area contributed by atoms with Crippen LogP contribution in [0.3, 0.4) is 0 Å². The number of benzene rings is 1. The van der Waals surface area contributed by atoms with Crippen LogP contribution >= 0.6 is 0 Å². The minimum absolute atomic E-state index is 0.0263. The van der Waals surface area contributed by atoms with Gasteiger partial charge in [0.1, 0.15) is 5.69 Å². The Hall–Kier alpha value is -2.15. The largest absolute Gasteiger partial charge is 0.366 e. The molecule has 1 aromatic carbocycles. The lowest BCUT2D eigenvalue weighted by Gasteiger charge is -2.32. The standard InChI is InChI=1S/C18H26N4O3/c1-13-6-9-21(10-7-13)16-4-3-14(11-17(16)22(24)25)18(23)20(2)15-5-8-19-12-15/h3-4,11,13,15,19H,5-10,12H2,1-2H3. The van der Waals surface area contributed by atoms with E-state index in [1.807, 2.05) is 0 Å². The highest BCUT2D eigenvalue weighted by Gasteiger charge is 2.28. The summed E-state index contributed by atoms with van der Waals surface area (Å²) < 4.78 is 0. The minimum atomic E-state index is -0.374. The topological polar surface area (TPSA) is 78.7 Å². The molecule has 7 nitrogen and oxygen atoms in total. The quantitative estimate of drug-likeness (QED) is 0.668. The van der Waals surface area contributed by atoms with E-state index in [4.69, 9.17) is 0 Å². The number of carbonyl (C=O) groups excluding carboxylic acids is 1. The molecular formula is C18H26N4O3. The average Bonchev–Trinajstić information content (AvgIpc) is 3.15. The van der Waals surface area contributed by atoms with E-state index in [-0.39, 0.29) is 22.6 Å². The highest BCUT2D eigenvalue weighted by molar-refractivity contribution is 5.96. The monoisotopic (exact) mass is 346 g/mol. The Bertz CT molecular complexity index is 650. The van der Waals surface area contributed by atoms with Gasteiger partial charge in [0, 0.05) is 44.4 Å². The van der Waals surface area contributed by atoms with E-state index in [2.05, 4.69) is 17.1 Å².